The molecule has 0 aliphatic carbocycles. The van der Waals surface area contributed by atoms with Gasteiger partial charge in [-0.25, -0.2) is 4.39 Å². The molecule has 0 radical (unpaired) electrons. The Morgan fingerprint density at radius 1 is 0.871 bits per heavy atom. The van der Waals surface area contributed by atoms with Crippen LogP contribution in [0.2, 0.25) is 0 Å². The molecule has 0 saturated carbocycles. The van der Waals surface area contributed by atoms with Crippen LogP contribution in [0.1, 0.15) is 36.4 Å². The van der Waals surface area contributed by atoms with Crippen LogP contribution in [-0.2, 0) is 6.42 Å². The van der Waals surface area contributed by atoms with Crippen LogP contribution in [0.4, 0.5) is 15.8 Å². The summed E-state index contributed by atoms with van der Waals surface area (Å²) >= 11 is 0. The predicted octanol–water partition coefficient (Wildman–Crippen LogP) is 6.13. The molecule has 3 aromatic rings. The van der Waals surface area contributed by atoms with E-state index < -0.39 is 0 Å². The van der Waals surface area contributed by atoms with Gasteiger partial charge in [-0.05, 0) is 92.4 Å². The summed E-state index contributed by atoms with van der Waals surface area (Å²) in [5.74, 6) is 0.716. The first-order chi connectivity index (χ1) is 15.3. The van der Waals surface area contributed by atoms with Crippen molar-refractivity contribution < 1.29 is 9.13 Å². The van der Waals surface area contributed by atoms with Gasteiger partial charge >= 0.3 is 0 Å². The van der Waals surface area contributed by atoms with Crippen molar-refractivity contribution >= 4 is 11.4 Å². The van der Waals surface area contributed by atoms with Crippen molar-refractivity contribution in [2.75, 3.05) is 31.1 Å². The molecule has 0 aromatic heterocycles. The molecule has 2 aliphatic heterocycles. The standard InChI is InChI=1S/C27H29FN2O/c28-23-10-7-22(8-11-23)27-16-9-21-5-1-2-6-26(21)30(27)24-12-14-25(15-13-24)31-20-19-29-17-3-4-18-29/h1-2,5-8,10-15,27H,3-4,9,16-20H2. The normalized spacial score (nSPS) is 18.7. The highest BCUT2D eigenvalue weighted by Crippen LogP contribution is 2.43. The smallest absolute Gasteiger partial charge is 0.123 e. The SMILES string of the molecule is Fc1ccc(C2CCc3ccccc3N2c2ccc(OCCN3CCCC3)cc2)cc1. The van der Waals surface area contributed by atoms with E-state index in [2.05, 4.69) is 58.3 Å². The summed E-state index contributed by atoms with van der Waals surface area (Å²) in [6.45, 7) is 4.11. The Labute approximate surface area is 184 Å². The number of fused-ring (bicyclic) bond motifs is 1. The Kier molecular flexibility index (Phi) is 5.90. The number of aryl methyl sites for hydroxylation is 1. The molecule has 2 aliphatic rings. The van der Waals surface area contributed by atoms with Crippen LogP contribution in [0, 0.1) is 5.82 Å². The summed E-state index contributed by atoms with van der Waals surface area (Å²) in [7, 11) is 0. The van der Waals surface area contributed by atoms with Gasteiger partial charge in [-0.15, -0.1) is 0 Å². The van der Waals surface area contributed by atoms with Crippen LogP contribution >= 0.6 is 0 Å². The van der Waals surface area contributed by atoms with E-state index >= 15 is 0 Å². The number of rotatable bonds is 6. The number of halogens is 1. The van der Waals surface area contributed by atoms with Gasteiger partial charge in [-0.2, -0.15) is 0 Å². The number of anilines is 2. The molecule has 1 unspecified atom stereocenters. The highest BCUT2D eigenvalue weighted by Gasteiger charge is 2.28. The highest BCUT2D eigenvalue weighted by atomic mass is 19.1. The first-order valence-electron chi connectivity index (χ1n) is 11.4. The molecule has 1 fully saturated rings. The molecule has 1 saturated heterocycles. The molecule has 160 valence electrons. The van der Waals surface area contributed by atoms with Gasteiger partial charge in [0.2, 0.25) is 0 Å². The van der Waals surface area contributed by atoms with Crippen molar-refractivity contribution in [1.82, 2.24) is 4.90 Å². The van der Waals surface area contributed by atoms with Crippen LogP contribution in [0.5, 0.6) is 5.75 Å². The maximum Gasteiger partial charge on any atom is 0.123 e. The molecule has 3 nitrogen and oxygen atoms in total. The molecule has 0 spiro atoms. The summed E-state index contributed by atoms with van der Waals surface area (Å²) in [6, 6.07) is 24.1. The van der Waals surface area contributed by atoms with Gasteiger partial charge in [-0.3, -0.25) is 4.90 Å². The quantitative estimate of drug-likeness (QED) is 0.481. The molecular formula is C27H29FN2O. The summed E-state index contributed by atoms with van der Waals surface area (Å²) in [4.78, 5) is 4.85. The van der Waals surface area contributed by atoms with E-state index in [1.54, 1.807) is 12.1 Å². The molecule has 0 N–H and O–H groups in total. The second-order valence-corrected chi connectivity index (χ2v) is 8.50. The van der Waals surface area contributed by atoms with Gasteiger partial charge in [0, 0.05) is 17.9 Å². The van der Waals surface area contributed by atoms with Crippen LogP contribution in [-0.4, -0.2) is 31.1 Å². The van der Waals surface area contributed by atoms with Crippen LogP contribution < -0.4 is 9.64 Å². The van der Waals surface area contributed by atoms with Crippen molar-refractivity contribution in [3.63, 3.8) is 0 Å². The number of hydrogen-bond donors (Lipinski definition) is 0. The second-order valence-electron chi connectivity index (χ2n) is 8.50. The van der Waals surface area contributed by atoms with E-state index in [0.29, 0.717) is 0 Å². The Morgan fingerprint density at radius 3 is 2.39 bits per heavy atom. The van der Waals surface area contributed by atoms with E-state index in [9.17, 15) is 4.39 Å². The van der Waals surface area contributed by atoms with Gasteiger partial charge < -0.3 is 9.64 Å². The Bertz CT molecular complexity index is 997. The van der Waals surface area contributed by atoms with Gasteiger partial charge in [0.1, 0.15) is 18.2 Å². The monoisotopic (exact) mass is 416 g/mol. The Balaban J connectivity index is 1.37. The van der Waals surface area contributed by atoms with E-state index in [-0.39, 0.29) is 11.9 Å². The van der Waals surface area contributed by atoms with Gasteiger partial charge in [0.05, 0.1) is 6.04 Å². The lowest BCUT2D eigenvalue weighted by Gasteiger charge is -2.39. The molecule has 5 rings (SSSR count). The summed E-state index contributed by atoms with van der Waals surface area (Å²) < 4.78 is 19.5. The number of hydrogen-bond acceptors (Lipinski definition) is 3. The largest absolute Gasteiger partial charge is 0.492 e. The third kappa shape index (κ3) is 4.45. The molecule has 4 heteroatoms. The lowest BCUT2D eigenvalue weighted by atomic mass is 9.90. The zero-order valence-electron chi connectivity index (χ0n) is 17.8. The maximum atomic E-state index is 13.5. The van der Waals surface area contributed by atoms with E-state index in [1.807, 2.05) is 12.1 Å². The fourth-order valence-corrected chi connectivity index (χ4v) is 4.87. The summed E-state index contributed by atoms with van der Waals surface area (Å²) in [6.07, 6.45) is 4.63. The van der Waals surface area contributed by atoms with Gasteiger partial charge in [0.25, 0.3) is 0 Å². The molecule has 0 amide bonds. The average Bonchev–Trinajstić information content (AvgIpc) is 3.33. The van der Waals surface area contributed by atoms with Crippen molar-refractivity contribution in [1.29, 1.82) is 0 Å². The van der Waals surface area contributed by atoms with Crippen molar-refractivity contribution in [2.45, 2.75) is 31.7 Å². The first kappa shape index (κ1) is 20.1. The average molecular weight is 417 g/mol. The minimum atomic E-state index is -0.193. The third-order valence-corrected chi connectivity index (χ3v) is 6.49. The second kappa shape index (κ2) is 9.11. The van der Waals surface area contributed by atoms with Gasteiger partial charge in [0.15, 0.2) is 0 Å². The number of para-hydroxylation sites is 1. The van der Waals surface area contributed by atoms with Crippen molar-refractivity contribution in [3.8, 4) is 5.75 Å². The fourth-order valence-electron chi connectivity index (χ4n) is 4.87. The number of benzene rings is 3. The van der Waals surface area contributed by atoms with E-state index in [0.717, 1.165) is 43.0 Å². The van der Waals surface area contributed by atoms with Crippen LogP contribution in [0.3, 0.4) is 0 Å². The number of nitrogens with zero attached hydrogens (tertiary/aromatic N) is 2. The minimum absolute atomic E-state index is 0.178. The van der Waals surface area contributed by atoms with E-state index in [1.165, 1.54) is 37.2 Å². The lowest BCUT2D eigenvalue weighted by Crippen LogP contribution is -2.29. The van der Waals surface area contributed by atoms with E-state index in [4.69, 9.17) is 4.74 Å². The van der Waals surface area contributed by atoms with Crippen molar-refractivity contribution in [3.05, 3.63) is 89.7 Å². The van der Waals surface area contributed by atoms with Crippen LogP contribution in [0.15, 0.2) is 72.8 Å². The molecule has 0 bridgehead atoms. The molecule has 2 heterocycles. The Morgan fingerprint density at radius 2 is 1.61 bits per heavy atom. The number of likely N-dealkylation sites (tertiary alicyclic amines) is 1. The zero-order valence-corrected chi connectivity index (χ0v) is 17.8. The third-order valence-electron chi connectivity index (χ3n) is 6.49. The minimum Gasteiger partial charge on any atom is -0.492 e. The molecule has 3 aromatic carbocycles. The predicted molar refractivity (Wildman–Crippen MR) is 124 cm³/mol. The Hall–Kier alpha value is -2.85. The van der Waals surface area contributed by atoms with Gasteiger partial charge in [-0.1, -0.05) is 30.3 Å². The summed E-state index contributed by atoms with van der Waals surface area (Å²) in [5.41, 5.74) is 4.85. The maximum absolute atomic E-state index is 13.5. The molecule has 31 heavy (non-hydrogen) atoms. The van der Waals surface area contributed by atoms with Crippen LogP contribution in [0.25, 0.3) is 0 Å². The topological polar surface area (TPSA) is 15.7 Å². The van der Waals surface area contributed by atoms with Crippen molar-refractivity contribution in [2.24, 2.45) is 0 Å². The highest BCUT2D eigenvalue weighted by molar-refractivity contribution is 5.70. The first-order valence-corrected chi connectivity index (χ1v) is 11.4. The number of ether oxygens (including phenoxy) is 1. The molecular weight excluding hydrogens is 387 g/mol. The summed E-state index contributed by atoms with van der Waals surface area (Å²) in [5, 5.41) is 0. The lowest BCUT2D eigenvalue weighted by molar-refractivity contribution is 0.238. The fraction of sp³-hybridized carbons (Fsp3) is 0.333. The molecule has 1 atom stereocenters. The zero-order chi connectivity index (χ0) is 21.0.